The lowest BCUT2D eigenvalue weighted by atomic mass is 9.85. The summed E-state index contributed by atoms with van der Waals surface area (Å²) in [5.41, 5.74) is -2.68. The van der Waals surface area contributed by atoms with Crippen LogP contribution in [0.25, 0.3) is 0 Å². The lowest BCUT2D eigenvalue weighted by Crippen LogP contribution is -2.52. The monoisotopic (exact) mass is 610 g/mol. The molecule has 1 spiro atoms. The van der Waals surface area contributed by atoms with Crippen LogP contribution in [0.3, 0.4) is 0 Å². The zero-order chi connectivity index (χ0) is 31.5. The van der Waals surface area contributed by atoms with Crippen molar-refractivity contribution in [3.05, 3.63) is 98.2 Å². The van der Waals surface area contributed by atoms with Crippen LogP contribution in [0.4, 0.5) is 13.2 Å². The van der Waals surface area contributed by atoms with E-state index in [0.717, 1.165) is 18.3 Å². The molecule has 3 amide bonds. The summed E-state index contributed by atoms with van der Waals surface area (Å²) in [5.74, 6) is -5.12. The molecule has 230 valence electrons. The number of aromatic hydroxyl groups is 1. The highest BCUT2D eigenvalue weighted by Crippen LogP contribution is 2.47. The molecule has 3 aromatic rings. The van der Waals surface area contributed by atoms with E-state index in [9.17, 15) is 37.5 Å². The zero-order valence-corrected chi connectivity index (χ0v) is 23.9. The predicted octanol–water partition coefficient (Wildman–Crippen LogP) is 3.49. The number of fused-ring (bicyclic) bond motifs is 5. The van der Waals surface area contributed by atoms with Crippen molar-refractivity contribution in [2.45, 2.75) is 63.9 Å². The minimum absolute atomic E-state index is 0.0356. The van der Waals surface area contributed by atoms with Gasteiger partial charge in [0, 0.05) is 30.9 Å². The molecule has 3 atom stereocenters. The van der Waals surface area contributed by atoms with E-state index in [1.54, 1.807) is 0 Å². The van der Waals surface area contributed by atoms with Crippen molar-refractivity contribution in [3.63, 3.8) is 0 Å². The molecule has 2 fully saturated rings. The Kier molecular flexibility index (Phi) is 7.23. The number of halogens is 3. The third-order valence-corrected chi connectivity index (χ3v) is 8.72. The Labute approximate surface area is 249 Å². The van der Waals surface area contributed by atoms with Crippen LogP contribution in [0.15, 0.2) is 47.4 Å². The summed E-state index contributed by atoms with van der Waals surface area (Å²) in [6, 6.07) is 6.70. The molecule has 13 heteroatoms. The molecule has 2 saturated heterocycles. The highest BCUT2D eigenvalue weighted by molar-refractivity contribution is 5.99. The number of amides is 3. The summed E-state index contributed by atoms with van der Waals surface area (Å²) >= 11 is 0. The summed E-state index contributed by atoms with van der Waals surface area (Å²) < 4.78 is 43.5. The number of nitrogens with one attached hydrogen (secondary N) is 1. The van der Waals surface area contributed by atoms with E-state index in [-0.39, 0.29) is 37.2 Å². The molecule has 44 heavy (non-hydrogen) atoms. The normalized spacial score (nSPS) is 22.8. The molecule has 1 aromatic heterocycles. The van der Waals surface area contributed by atoms with E-state index < -0.39 is 69.8 Å². The van der Waals surface area contributed by atoms with Crippen LogP contribution in [-0.2, 0) is 22.7 Å². The standard InChI is InChI=1S/C31H29F3N4O6/c1-16-9-22(33)20(23(34)10-16)12-35-29(42)21-14-37-24-15-36(30(43)26(37)28(41)27(21)40)17(2)7-8-31(24)11-25(39)38(44-31)13-18-3-5-19(32)6-4-18/h3-6,9-10,14,17,24,41H,7-8,11-13,15H2,1-2H3,(H,35,42)/t17-,24+,31+/m0/s1. The largest absolute Gasteiger partial charge is 0.503 e. The number of rotatable bonds is 5. The summed E-state index contributed by atoms with van der Waals surface area (Å²) in [6.45, 7) is 2.85. The van der Waals surface area contributed by atoms with Gasteiger partial charge in [-0.15, -0.1) is 0 Å². The average molecular weight is 611 g/mol. The van der Waals surface area contributed by atoms with Crippen LogP contribution >= 0.6 is 0 Å². The Hall–Kier alpha value is -4.65. The molecule has 2 bridgehead atoms. The van der Waals surface area contributed by atoms with Crippen molar-refractivity contribution < 1.29 is 37.5 Å². The van der Waals surface area contributed by atoms with Gasteiger partial charge in [-0.1, -0.05) is 12.1 Å². The third-order valence-electron chi connectivity index (χ3n) is 8.72. The summed E-state index contributed by atoms with van der Waals surface area (Å²) in [4.78, 5) is 61.0. The van der Waals surface area contributed by atoms with E-state index in [2.05, 4.69) is 5.32 Å². The number of hydrogen-bond donors (Lipinski definition) is 2. The topological polar surface area (TPSA) is 121 Å². The SMILES string of the molecule is Cc1cc(F)c(CNC(=O)c2cn3c(c(O)c2=O)C(=O)N2C[C@@H]3[C@@]3(CC[C@@H]2C)CC(=O)N(Cc2ccc(F)cc2)O3)c(F)c1. The van der Waals surface area contributed by atoms with E-state index in [1.165, 1.54) is 45.7 Å². The van der Waals surface area contributed by atoms with Gasteiger partial charge in [0.05, 0.1) is 19.0 Å². The van der Waals surface area contributed by atoms with E-state index >= 15 is 0 Å². The van der Waals surface area contributed by atoms with Gasteiger partial charge in [0.2, 0.25) is 11.3 Å². The lowest BCUT2D eigenvalue weighted by molar-refractivity contribution is -0.218. The number of hydrogen-bond acceptors (Lipinski definition) is 6. The first-order chi connectivity index (χ1) is 20.9. The number of aromatic nitrogens is 1. The molecular weight excluding hydrogens is 581 g/mol. The Balaban J connectivity index is 1.36. The fourth-order valence-corrected chi connectivity index (χ4v) is 6.31. The molecule has 2 aromatic carbocycles. The Bertz CT molecular complexity index is 1740. The lowest BCUT2D eigenvalue weighted by Gasteiger charge is -2.42. The fraction of sp³-hybridized carbons (Fsp3) is 0.355. The highest BCUT2D eigenvalue weighted by atomic mass is 19.1. The van der Waals surface area contributed by atoms with Gasteiger partial charge in [-0.3, -0.25) is 24.0 Å². The first-order valence-corrected chi connectivity index (χ1v) is 14.1. The number of aryl methyl sites for hydroxylation is 1. The molecule has 0 saturated carbocycles. The molecule has 6 rings (SSSR count). The van der Waals surface area contributed by atoms with Crippen molar-refractivity contribution in [3.8, 4) is 5.75 Å². The van der Waals surface area contributed by atoms with Crippen LogP contribution in [0.2, 0.25) is 0 Å². The van der Waals surface area contributed by atoms with Crippen molar-refractivity contribution in [1.82, 2.24) is 19.8 Å². The number of nitrogens with zero attached hydrogens (tertiary/aromatic N) is 3. The number of hydroxylamine groups is 2. The first-order valence-electron chi connectivity index (χ1n) is 14.1. The van der Waals surface area contributed by atoms with E-state index in [0.29, 0.717) is 24.0 Å². The molecule has 4 heterocycles. The van der Waals surface area contributed by atoms with Crippen LogP contribution in [0.1, 0.15) is 69.8 Å². The summed E-state index contributed by atoms with van der Waals surface area (Å²) in [7, 11) is 0. The molecule has 10 nitrogen and oxygen atoms in total. The van der Waals surface area contributed by atoms with Crippen molar-refractivity contribution >= 4 is 17.7 Å². The van der Waals surface area contributed by atoms with Crippen LogP contribution in [0.5, 0.6) is 5.75 Å². The van der Waals surface area contributed by atoms with Gasteiger partial charge in [-0.2, -0.15) is 0 Å². The predicted molar refractivity (Wildman–Crippen MR) is 149 cm³/mol. The second kappa shape index (κ2) is 10.8. The van der Waals surface area contributed by atoms with Crippen LogP contribution < -0.4 is 10.7 Å². The first kappa shape index (κ1) is 29.4. The Morgan fingerprint density at radius 3 is 2.48 bits per heavy atom. The highest BCUT2D eigenvalue weighted by Gasteiger charge is 2.56. The molecule has 3 aliphatic rings. The van der Waals surface area contributed by atoms with Gasteiger partial charge in [0.15, 0.2) is 11.4 Å². The second-order valence-corrected chi connectivity index (χ2v) is 11.6. The maximum absolute atomic E-state index is 14.4. The third kappa shape index (κ3) is 4.90. The summed E-state index contributed by atoms with van der Waals surface area (Å²) in [6.07, 6.45) is 1.81. The quantitative estimate of drug-likeness (QED) is 0.457. The van der Waals surface area contributed by atoms with Gasteiger partial charge < -0.3 is 19.9 Å². The number of benzene rings is 2. The second-order valence-electron chi connectivity index (χ2n) is 11.6. The molecule has 3 aliphatic heterocycles. The van der Waals surface area contributed by atoms with E-state index in [4.69, 9.17) is 4.84 Å². The smallest absolute Gasteiger partial charge is 0.274 e. The van der Waals surface area contributed by atoms with Gasteiger partial charge >= 0.3 is 0 Å². The molecule has 0 unspecified atom stereocenters. The zero-order valence-electron chi connectivity index (χ0n) is 23.9. The average Bonchev–Trinajstić information content (AvgIpc) is 3.22. The Morgan fingerprint density at radius 2 is 1.80 bits per heavy atom. The molecular formula is C31H29F3N4O6. The molecule has 2 N–H and O–H groups in total. The minimum Gasteiger partial charge on any atom is -0.503 e. The molecule has 0 radical (unpaired) electrons. The fourth-order valence-electron chi connectivity index (χ4n) is 6.31. The maximum atomic E-state index is 14.4. The van der Waals surface area contributed by atoms with Crippen molar-refractivity contribution in [2.24, 2.45) is 0 Å². The number of carbonyl (C=O) groups excluding carboxylic acids is 3. The summed E-state index contributed by atoms with van der Waals surface area (Å²) in [5, 5.41) is 14.5. The van der Waals surface area contributed by atoms with Gasteiger partial charge in [-0.05, 0) is 62.1 Å². The number of pyridine rings is 1. The van der Waals surface area contributed by atoms with Crippen molar-refractivity contribution in [2.75, 3.05) is 6.54 Å². The van der Waals surface area contributed by atoms with Crippen LogP contribution in [0, 0.1) is 24.4 Å². The van der Waals surface area contributed by atoms with Gasteiger partial charge in [-0.25, -0.2) is 18.2 Å². The van der Waals surface area contributed by atoms with Crippen molar-refractivity contribution in [1.29, 1.82) is 0 Å². The van der Waals surface area contributed by atoms with Crippen LogP contribution in [-0.4, -0.2) is 55.5 Å². The minimum atomic E-state index is -1.21. The van der Waals surface area contributed by atoms with Gasteiger partial charge in [0.25, 0.3) is 11.8 Å². The van der Waals surface area contributed by atoms with Gasteiger partial charge in [0.1, 0.15) is 28.6 Å². The maximum Gasteiger partial charge on any atom is 0.274 e. The molecule has 0 aliphatic carbocycles. The van der Waals surface area contributed by atoms with E-state index in [1.807, 2.05) is 6.92 Å². The number of carbonyl (C=O) groups is 3. The Morgan fingerprint density at radius 1 is 1.11 bits per heavy atom.